The molecule has 8 N–H and O–H groups in total. The third-order valence-electron chi connectivity index (χ3n) is 7.47. The fourth-order valence-corrected chi connectivity index (χ4v) is 5.87. The summed E-state index contributed by atoms with van der Waals surface area (Å²) in [6, 6.07) is 0.337. The number of benzene rings is 1. The number of phenolic OH excluding ortho intramolecular Hbond substituents is 1. The van der Waals surface area contributed by atoms with Crippen LogP contribution >= 0.6 is 0 Å². The van der Waals surface area contributed by atoms with Crippen molar-refractivity contribution in [2.45, 2.75) is 38.3 Å². The van der Waals surface area contributed by atoms with Gasteiger partial charge in [-0.05, 0) is 58.3 Å². The molecule has 1 amide bonds. The second-order valence-corrected chi connectivity index (χ2v) is 9.77. The van der Waals surface area contributed by atoms with Gasteiger partial charge in [0.25, 0.3) is 5.91 Å². The number of fused-ring (bicyclic) bond motifs is 3. The van der Waals surface area contributed by atoms with E-state index in [1.165, 1.54) is 11.0 Å². The number of Topliss-reactive ketones (excluding diaryl/α,β-unsaturated/α-hetero) is 2. The van der Waals surface area contributed by atoms with Crippen LogP contribution in [0.5, 0.6) is 5.75 Å². The van der Waals surface area contributed by atoms with Gasteiger partial charge in [0.15, 0.2) is 11.4 Å². The van der Waals surface area contributed by atoms with Crippen LogP contribution < -0.4 is 11.5 Å². The zero-order valence-electron chi connectivity index (χ0n) is 20.9. The lowest BCUT2D eigenvalue weighted by Crippen LogP contribution is -2.65. The van der Waals surface area contributed by atoms with Gasteiger partial charge in [-0.2, -0.15) is 0 Å². The van der Waals surface area contributed by atoms with E-state index in [0.717, 1.165) is 0 Å². The number of phenols is 1. The topological polar surface area (TPSA) is 209 Å². The lowest BCUT2D eigenvalue weighted by Gasteiger charge is -2.50. The summed E-state index contributed by atoms with van der Waals surface area (Å²) in [5.74, 6) is -7.27. The molecule has 12 heteroatoms. The van der Waals surface area contributed by atoms with E-state index in [-0.39, 0.29) is 29.7 Å². The third-order valence-corrected chi connectivity index (χ3v) is 7.47. The first-order valence-corrected chi connectivity index (χ1v) is 11.7. The highest BCUT2D eigenvalue weighted by atomic mass is 16.6. The van der Waals surface area contributed by atoms with Crippen molar-refractivity contribution in [1.82, 2.24) is 4.90 Å². The van der Waals surface area contributed by atoms with Crippen LogP contribution in [0, 0.1) is 11.8 Å². The number of aliphatic hydroxyl groups is 3. The first-order chi connectivity index (χ1) is 17.3. The Balaban J connectivity index is 1.99. The lowest BCUT2D eigenvalue weighted by atomic mass is 9.57. The number of anilines is 1. The quantitative estimate of drug-likeness (QED) is 0.104. The number of likely N-dealkylation sites (N-methyl/N-ethyl adjacent to an activating group) is 1. The molecule has 0 bridgehead atoms. The number of primary amides is 1. The Morgan fingerprint density at radius 2 is 1.92 bits per heavy atom. The highest BCUT2D eigenvalue weighted by Gasteiger charge is 2.64. The van der Waals surface area contributed by atoms with E-state index in [1.54, 1.807) is 27.9 Å². The molecular weight excluding hydrogens is 484 g/mol. The van der Waals surface area contributed by atoms with Gasteiger partial charge in [0.2, 0.25) is 5.78 Å². The summed E-state index contributed by atoms with van der Waals surface area (Å²) in [5, 5.41) is 48.6. The maximum atomic E-state index is 13.8. The van der Waals surface area contributed by atoms with E-state index in [2.05, 4.69) is 5.16 Å². The maximum Gasteiger partial charge on any atom is 0.255 e. The number of aliphatic hydroxyl groups excluding tert-OH is 2. The zero-order chi connectivity index (χ0) is 27.6. The molecule has 198 valence electrons. The van der Waals surface area contributed by atoms with E-state index in [0.29, 0.717) is 23.4 Å². The Hall–Kier alpha value is -3.90. The van der Waals surface area contributed by atoms with Gasteiger partial charge in [0, 0.05) is 17.1 Å². The molecule has 0 spiro atoms. The second-order valence-electron chi connectivity index (χ2n) is 9.77. The van der Waals surface area contributed by atoms with Crippen LogP contribution in [0.4, 0.5) is 5.69 Å². The summed E-state index contributed by atoms with van der Waals surface area (Å²) in [4.78, 5) is 45.6. The highest BCUT2D eigenvalue weighted by Crippen LogP contribution is 2.53. The number of nitrogens with zero attached hydrogens (tertiary/aromatic N) is 2. The first-order valence-electron chi connectivity index (χ1n) is 11.7. The lowest BCUT2D eigenvalue weighted by molar-refractivity contribution is -0.153. The van der Waals surface area contributed by atoms with E-state index in [4.69, 9.17) is 16.3 Å². The molecule has 37 heavy (non-hydrogen) atoms. The fourth-order valence-electron chi connectivity index (χ4n) is 5.87. The summed E-state index contributed by atoms with van der Waals surface area (Å²) in [6.07, 6.45) is 0.106. The van der Waals surface area contributed by atoms with Crippen LogP contribution in [0.25, 0.3) is 5.76 Å². The predicted octanol–water partition coefficient (Wildman–Crippen LogP) is 0.307. The number of rotatable bonds is 5. The number of carbonyl (C=O) groups excluding carboxylic acids is 3. The largest absolute Gasteiger partial charge is 0.508 e. The molecule has 4 rings (SSSR count). The molecule has 0 unspecified atom stereocenters. The van der Waals surface area contributed by atoms with Crippen molar-refractivity contribution < 1.29 is 39.6 Å². The standard InChI is InChI=1S/C25H30N4O8/c1-5-37-28-9(2)11-8-14(26)19(30)16-12(11)6-10-7-13-18(29(3)4)21(32)17(24(27)35)23(34)25(13,36)22(33)15(10)20(16)31/h8,10,13,18,30-31,34,36H,5-7,26H2,1-4H3,(H2,27,35)/t10-,13-,18-,25-/m0/s1. The molecule has 3 aliphatic rings. The van der Waals surface area contributed by atoms with Gasteiger partial charge >= 0.3 is 0 Å². The smallest absolute Gasteiger partial charge is 0.255 e. The Kier molecular flexibility index (Phi) is 6.29. The van der Waals surface area contributed by atoms with E-state index >= 15 is 0 Å². The minimum absolute atomic E-state index is 0.0159. The fraction of sp³-hybridized carbons (Fsp3) is 0.440. The van der Waals surface area contributed by atoms with E-state index in [1.807, 2.05) is 0 Å². The van der Waals surface area contributed by atoms with E-state index in [9.17, 15) is 34.8 Å². The van der Waals surface area contributed by atoms with Crippen LogP contribution in [-0.4, -0.2) is 80.9 Å². The van der Waals surface area contributed by atoms with Crippen LogP contribution in [0.2, 0.25) is 0 Å². The zero-order valence-corrected chi connectivity index (χ0v) is 20.9. The third kappa shape index (κ3) is 3.58. The van der Waals surface area contributed by atoms with Crippen molar-refractivity contribution in [2.24, 2.45) is 22.7 Å². The monoisotopic (exact) mass is 514 g/mol. The van der Waals surface area contributed by atoms with Crippen LogP contribution in [0.15, 0.2) is 28.1 Å². The second kappa shape index (κ2) is 8.89. The van der Waals surface area contributed by atoms with Gasteiger partial charge in [-0.3, -0.25) is 19.3 Å². The average molecular weight is 515 g/mol. The molecule has 0 saturated heterocycles. The number of nitrogens with two attached hydrogens (primary N) is 2. The maximum absolute atomic E-state index is 13.8. The molecule has 1 aromatic rings. The van der Waals surface area contributed by atoms with Gasteiger partial charge in [0.1, 0.15) is 29.4 Å². The molecule has 0 radical (unpaired) electrons. The number of hydrogen-bond acceptors (Lipinski definition) is 11. The number of amides is 1. The van der Waals surface area contributed by atoms with Crippen molar-refractivity contribution in [3.05, 3.63) is 39.7 Å². The number of ketones is 2. The van der Waals surface area contributed by atoms with Crippen LogP contribution in [-0.2, 0) is 25.6 Å². The number of aromatic hydroxyl groups is 1. The molecule has 12 nitrogen and oxygen atoms in total. The number of oxime groups is 1. The average Bonchev–Trinajstić information content (AvgIpc) is 2.81. The molecule has 1 fully saturated rings. The van der Waals surface area contributed by atoms with Crippen molar-refractivity contribution in [2.75, 3.05) is 26.4 Å². The molecular formula is C25H30N4O8. The van der Waals surface area contributed by atoms with Gasteiger partial charge in [-0.15, -0.1) is 0 Å². The van der Waals surface area contributed by atoms with Gasteiger partial charge in [-0.25, -0.2) is 0 Å². The minimum Gasteiger partial charge on any atom is -0.508 e. The predicted molar refractivity (Wildman–Crippen MR) is 132 cm³/mol. The minimum atomic E-state index is -2.70. The summed E-state index contributed by atoms with van der Waals surface area (Å²) in [6.45, 7) is 3.73. The summed E-state index contributed by atoms with van der Waals surface area (Å²) in [7, 11) is 3.08. The van der Waals surface area contributed by atoms with Gasteiger partial charge < -0.3 is 36.7 Å². The summed E-state index contributed by atoms with van der Waals surface area (Å²) < 4.78 is 0. The first kappa shape index (κ1) is 26.2. The number of nitrogen functional groups attached to an aromatic ring is 1. The van der Waals surface area contributed by atoms with Crippen molar-refractivity contribution in [3.63, 3.8) is 0 Å². The van der Waals surface area contributed by atoms with Crippen LogP contribution in [0.3, 0.4) is 0 Å². The number of hydrogen-bond donors (Lipinski definition) is 6. The van der Waals surface area contributed by atoms with Gasteiger partial charge in [0.05, 0.1) is 23.0 Å². The highest BCUT2D eigenvalue weighted by molar-refractivity contribution is 6.24. The molecule has 4 atom stereocenters. The Bertz CT molecular complexity index is 1330. The number of carbonyl (C=O) groups is 3. The van der Waals surface area contributed by atoms with Crippen molar-refractivity contribution in [1.29, 1.82) is 0 Å². The Labute approximate surface area is 212 Å². The normalized spacial score (nSPS) is 27.7. The SMILES string of the molecule is CCON=C(C)c1cc(N)c(O)c2c1C[C@H]1C[C@H]3[C@H](N(C)C)C(=O)C(C(N)=O)=C(O)[C@@]3(O)C(=O)C1=C2O. The Morgan fingerprint density at radius 3 is 2.49 bits per heavy atom. The molecule has 1 aromatic carbocycles. The van der Waals surface area contributed by atoms with Crippen LogP contribution in [0.1, 0.15) is 37.0 Å². The molecule has 0 aliphatic heterocycles. The molecule has 3 aliphatic carbocycles. The summed E-state index contributed by atoms with van der Waals surface area (Å²) >= 11 is 0. The van der Waals surface area contributed by atoms with Crippen molar-refractivity contribution >= 4 is 34.6 Å². The Morgan fingerprint density at radius 1 is 1.27 bits per heavy atom. The summed E-state index contributed by atoms with van der Waals surface area (Å²) in [5.41, 5.74) is 8.69. The van der Waals surface area contributed by atoms with Gasteiger partial charge in [-0.1, -0.05) is 5.16 Å². The van der Waals surface area contributed by atoms with E-state index < -0.39 is 63.8 Å². The molecule has 0 heterocycles. The molecule has 0 aromatic heterocycles. The van der Waals surface area contributed by atoms with Crippen molar-refractivity contribution in [3.8, 4) is 5.75 Å². The molecule has 1 saturated carbocycles.